The van der Waals surface area contributed by atoms with E-state index in [9.17, 15) is 4.79 Å². The van der Waals surface area contributed by atoms with Crippen molar-refractivity contribution in [3.05, 3.63) is 64.8 Å². The van der Waals surface area contributed by atoms with Gasteiger partial charge in [0.05, 0.1) is 11.3 Å². The van der Waals surface area contributed by atoms with Crippen molar-refractivity contribution in [2.24, 2.45) is 7.05 Å². The molecular formula is C17H14ClNO3. The molecule has 112 valence electrons. The van der Waals surface area contributed by atoms with E-state index < -0.39 is 5.97 Å². The Morgan fingerprint density at radius 2 is 2.05 bits per heavy atom. The first-order chi connectivity index (χ1) is 10.5. The molecule has 1 aromatic heterocycles. The summed E-state index contributed by atoms with van der Waals surface area (Å²) >= 11 is 5.93. The van der Waals surface area contributed by atoms with Gasteiger partial charge in [0.25, 0.3) is 0 Å². The van der Waals surface area contributed by atoms with Gasteiger partial charge in [-0.05, 0) is 42.5 Å². The minimum absolute atomic E-state index is 0.278. The standard InChI is InChI=1S/C17H14ClNO3/c1-19-14(10-22-15-4-2-3-13(18)9-15)8-12-7-11(17(20)21)5-6-16(12)19/h2-9H,10H2,1H3,(H,20,21). The van der Waals surface area contributed by atoms with Crippen LogP contribution >= 0.6 is 11.6 Å². The number of benzene rings is 2. The van der Waals surface area contributed by atoms with Gasteiger partial charge in [-0.2, -0.15) is 0 Å². The number of hydrogen-bond acceptors (Lipinski definition) is 2. The van der Waals surface area contributed by atoms with E-state index in [1.54, 1.807) is 24.3 Å². The van der Waals surface area contributed by atoms with E-state index >= 15 is 0 Å². The molecule has 3 rings (SSSR count). The third-order valence-corrected chi connectivity index (χ3v) is 3.81. The Kier molecular flexibility index (Phi) is 3.77. The van der Waals surface area contributed by atoms with Crippen LogP contribution in [0.25, 0.3) is 10.9 Å². The molecular weight excluding hydrogens is 302 g/mol. The van der Waals surface area contributed by atoms with Gasteiger partial charge in [0.15, 0.2) is 0 Å². The van der Waals surface area contributed by atoms with Crippen LogP contribution in [0.2, 0.25) is 5.02 Å². The molecule has 0 saturated carbocycles. The van der Waals surface area contributed by atoms with Crippen LogP contribution in [0.4, 0.5) is 0 Å². The highest BCUT2D eigenvalue weighted by atomic mass is 35.5. The van der Waals surface area contributed by atoms with E-state index in [0.29, 0.717) is 17.4 Å². The number of carboxylic acids is 1. The van der Waals surface area contributed by atoms with Gasteiger partial charge in [-0.1, -0.05) is 17.7 Å². The van der Waals surface area contributed by atoms with Crippen LogP contribution in [0.1, 0.15) is 16.1 Å². The quantitative estimate of drug-likeness (QED) is 0.788. The summed E-state index contributed by atoms with van der Waals surface area (Å²) in [6.07, 6.45) is 0. The number of hydrogen-bond donors (Lipinski definition) is 1. The topological polar surface area (TPSA) is 51.5 Å². The molecule has 0 aliphatic rings. The van der Waals surface area contributed by atoms with Gasteiger partial charge < -0.3 is 14.4 Å². The SMILES string of the molecule is Cn1c(COc2cccc(Cl)c2)cc2cc(C(=O)O)ccc21. The number of carboxylic acid groups (broad SMARTS) is 1. The summed E-state index contributed by atoms with van der Waals surface area (Å²) in [6.45, 7) is 0.383. The summed E-state index contributed by atoms with van der Waals surface area (Å²) in [4.78, 5) is 11.0. The number of rotatable bonds is 4. The second-order valence-corrected chi connectivity index (χ2v) is 5.46. The van der Waals surface area contributed by atoms with Crippen LogP contribution in [-0.2, 0) is 13.7 Å². The number of carbonyl (C=O) groups is 1. The molecule has 0 fully saturated rings. The van der Waals surface area contributed by atoms with Crippen LogP contribution in [-0.4, -0.2) is 15.6 Å². The molecule has 0 aliphatic carbocycles. The lowest BCUT2D eigenvalue weighted by Gasteiger charge is -2.07. The molecule has 22 heavy (non-hydrogen) atoms. The molecule has 0 bridgehead atoms. The molecule has 0 aliphatic heterocycles. The van der Waals surface area contributed by atoms with E-state index in [1.807, 2.05) is 35.9 Å². The van der Waals surface area contributed by atoms with Crippen molar-refractivity contribution < 1.29 is 14.6 Å². The number of fused-ring (bicyclic) bond motifs is 1. The van der Waals surface area contributed by atoms with E-state index in [-0.39, 0.29) is 5.56 Å². The van der Waals surface area contributed by atoms with E-state index in [1.165, 1.54) is 0 Å². The zero-order valence-electron chi connectivity index (χ0n) is 11.9. The Bertz CT molecular complexity index is 854. The zero-order chi connectivity index (χ0) is 15.7. The van der Waals surface area contributed by atoms with E-state index in [2.05, 4.69) is 0 Å². The highest BCUT2D eigenvalue weighted by Gasteiger charge is 2.10. The first-order valence-corrected chi connectivity index (χ1v) is 7.12. The number of aryl methyl sites for hydroxylation is 1. The lowest BCUT2D eigenvalue weighted by Crippen LogP contribution is -2.01. The minimum Gasteiger partial charge on any atom is -0.487 e. The molecule has 0 atom stereocenters. The van der Waals surface area contributed by atoms with Crippen molar-refractivity contribution in [3.63, 3.8) is 0 Å². The predicted molar refractivity (Wildman–Crippen MR) is 85.7 cm³/mol. The van der Waals surface area contributed by atoms with Crippen molar-refractivity contribution in [2.45, 2.75) is 6.61 Å². The van der Waals surface area contributed by atoms with Crippen molar-refractivity contribution in [3.8, 4) is 5.75 Å². The highest BCUT2D eigenvalue weighted by molar-refractivity contribution is 6.30. The highest BCUT2D eigenvalue weighted by Crippen LogP contribution is 2.23. The maximum absolute atomic E-state index is 11.0. The minimum atomic E-state index is -0.928. The molecule has 3 aromatic rings. The molecule has 0 amide bonds. The Morgan fingerprint density at radius 3 is 2.77 bits per heavy atom. The Morgan fingerprint density at radius 1 is 1.23 bits per heavy atom. The number of ether oxygens (including phenoxy) is 1. The van der Waals surface area contributed by atoms with Crippen molar-refractivity contribution in [2.75, 3.05) is 0 Å². The summed E-state index contributed by atoms with van der Waals surface area (Å²) in [6, 6.07) is 14.2. The largest absolute Gasteiger partial charge is 0.487 e. The average Bonchev–Trinajstić information content (AvgIpc) is 2.81. The molecule has 0 radical (unpaired) electrons. The van der Waals surface area contributed by atoms with E-state index in [4.69, 9.17) is 21.4 Å². The fraction of sp³-hybridized carbons (Fsp3) is 0.118. The van der Waals surface area contributed by atoms with Gasteiger partial charge in [0, 0.05) is 23.0 Å². The summed E-state index contributed by atoms with van der Waals surface area (Å²) in [5.74, 6) is -0.230. The van der Waals surface area contributed by atoms with Gasteiger partial charge in [0.2, 0.25) is 0 Å². The van der Waals surface area contributed by atoms with Crippen LogP contribution in [0.15, 0.2) is 48.5 Å². The third kappa shape index (κ3) is 2.78. The van der Waals surface area contributed by atoms with Gasteiger partial charge in [-0.25, -0.2) is 4.79 Å². The van der Waals surface area contributed by atoms with Gasteiger partial charge in [0.1, 0.15) is 12.4 Å². The molecule has 2 aromatic carbocycles. The summed E-state index contributed by atoms with van der Waals surface area (Å²) < 4.78 is 7.73. The second kappa shape index (κ2) is 5.73. The maximum atomic E-state index is 11.0. The van der Waals surface area contributed by atoms with E-state index in [0.717, 1.165) is 16.6 Å². The fourth-order valence-electron chi connectivity index (χ4n) is 2.39. The van der Waals surface area contributed by atoms with Crippen molar-refractivity contribution >= 4 is 28.5 Å². The molecule has 1 heterocycles. The number of halogens is 1. The molecule has 4 nitrogen and oxygen atoms in total. The molecule has 1 N–H and O–H groups in total. The zero-order valence-corrected chi connectivity index (χ0v) is 12.7. The Balaban J connectivity index is 1.87. The molecule has 0 unspecified atom stereocenters. The van der Waals surface area contributed by atoms with Gasteiger partial charge >= 0.3 is 5.97 Å². The van der Waals surface area contributed by atoms with Crippen molar-refractivity contribution in [1.29, 1.82) is 0 Å². The molecule has 0 saturated heterocycles. The van der Waals surface area contributed by atoms with Gasteiger partial charge in [-0.15, -0.1) is 0 Å². The number of aromatic carboxylic acids is 1. The normalized spacial score (nSPS) is 10.8. The maximum Gasteiger partial charge on any atom is 0.335 e. The third-order valence-electron chi connectivity index (χ3n) is 3.57. The first kappa shape index (κ1) is 14.5. The van der Waals surface area contributed by atoms with Crippen LogP contribution in [0, 0.1) is 0 Å². The predicted octanol–water partition coefficient (Wildman–Crippen LogP) is 4.11. The lowest BCUT2D eigenvalue weighted by molar-refractivity contribution is 0.0697. The molecule has 5 heteroatoms. The molecule has 0 spiro atoms. The lowest BCUT2D eigenvalue weighted by atomic mass is 10.1. The number of nitrogens with zero attached hydrogens (tertiary/aromatic N) is 1. The van der Waals surface area contributed by atoms with Gasteiger partial charge in [-0.3, -0.25) is 0 Å². The Hall–Kier alpha value is -2.46. The summed E-state index contributed by atoms with van der Waals surface area (Å²) in [7, 11) is 1.93. The monoisotopic (exact) mass is 315 g/mol. The Labute approximate surface area is 132 Å². The summed E-state index contributed by atoms with van der Waals surface area (Å²) in [5.41, 5.74) is 2.20. The van der Waals surface area contributed by atoms with Crippen LogP contribution in [0.5, 0.6) is 5.75 Å². The number of aromatic nitrogens is 1. The smallest absolute Gasteiger partial charge is 0.335 e. The van der Waals surface area contributed by atoms with Crippen LogP contribution < -0.4 is 4.74 Å². The summed E-state index contributed by atoms with van der Waals surface area (Å²) in [5, 5.41) is 10.6. The van der Waals surface area contributed by atoms with Crippen molar-refractivity contribution in [1.82, 2.24) is 4.57 Å². The fourth-order valence-corrected chi connectivity index (χ4v) is 2.57. The second-order valence-electron chi connectivity index (χ2n) is 5.02. The average molecular weight is 316 g/mol. The first-order valence-electron chi connectivity index (χ1n) is 6.74. The van der Waals surface area contributed by atoms with Crippen LogP contribution in [0.3, 0.4) is 0 Å².